The van der Waals surface area contributed by atoms with Gasteiger partial charge in [-0.3, -0.25) is 29.8 Å². The van der Waals surface area contributed by atoms with Crippen LogP contribution in [0.3, 0.4) is 0 Å². The van der Waals surface area contributed by atoms with Gasteiger partial charge >= 0.3 is 5.69 Å². The second-order valence-corrected chi connectivity index (χ2v) is 7.55. The van der Waals surface area contributed by atoms with Crippen molar-refractivity contribution in [3.05, 3.63) is 98.1 Å². The lowest BCUT2D eigenvalue weighted by atomic mass is 10.2. The first kappa shape index (κ1) is 25.5. The number of non-ortho nitro benzene ring substituents is 1. The fourth-order valence-corrected chi connectivity index (χ4v) is 2.96. The number of hydrogen-bond donors (Lipinski definition) is 2. The third kappa shape index (κ3) is 7.45. The maximum absolute atomic E-state index is 12.0. The number of hydrazone groups is 1. The summed E-state index contributed by atoms with van der Waals surface area (Å²) >= 11 is 0. The van der Waals surface area contributed by atoms with Crippen LogP contribution in [0.25, 0.3) is 0 Å². The number of nitrogens with zero attached hydrogens (tertiary/aromatic N) is 3. The number of anilines is 1. The van der Waals surface area contributed by atoms with Crippen LogP contribution in [-0.4, -0.2) is 27.9 Å². The van der Waals surface area contributed by atoms with Gasteiger partial charge in [-0.15, -0.1) is 0 Å². The molecule has 3 aromatic carbocycles. The molecule has 0 spiro atoms. The highest BCUT2D eigenvalue weighted by Crippen LogP contribution is 2.34. The molecule has 3 aromatic rings. The molecule has 0 bridgehead atoms. The Morgan fingerprint density at radius 3 is 2.36 bits per heavy atom. The molecule has 0 saturated heterocycles. The highest BCUT2D eigenvalue weighted by atomic mass is 16.6. The van der Waals surface area contributed by atoms with Gasteiger partial charge < -0.3 is 10.1 Å². The number of hydrogen-bond acceptors (Lipinski definition) is 8. The Morgan fingerprint density at radius 2 is 1.67 bits per heavy atom. The summed E-state index contributed by atoms with van der Waals surface area (Å²) in [6.45, 7) is 1.94. The van der Waals surface area contributed by atoms with Crippen LogP contribution in [-0.2, 0) is 9.59 Å². The minimum absolute atomic E-state index is 0.0213. The molecule has 0 unspecified atom stereocenters. The molecule has 0 aliphatic heterocycles. The summed E-state index contributed by atoms with van der Waals surface area (Å²) in [6.07, 6.45) is 1.25. The number of carbonyl (C=O) groups excluding carboxylic acids is 2. The average molecular weight is 491 g/mol. The molecule has 0 aromatic heterocycles. The predicted molar refractivity (Wildman–Crippen MR) is 131 cm³/mol. The summed E-state index contributed by atoms with van der Waals surface area (Å²) in [5.41, 5.74) is 3.56. The molecular formula is C24H21N5O7. The van der Waals surface area contributed by atoms with Gasteiger partial charge in [0.05, 0.1) is 22.1 Å². The molecule has 2 amide bonds. The third-order valence-corrected chi connectivity index (χ3v) is 4.75. The van der Waals surface area contributed by atoms with E-state index in [1.807, 2.05) is 19.1 Å². The number of aryl methyl sites for hydroxylation is 1. The van der Waals surface area contributed by atoms with Gasteiger partial charge in [0, 0.05) is 24.6 Å². The molecule has 0 heterocycles. The zero-order chi connectivity index (χ0) is 26.1. The van der Waals surface area contributed by atoms with Crippen LogP contribution in [0.1, 0.15) is 24.0 Å². The van der Waals surface area contributed by atoms with Gasteiger partial charge in [0.2, 0.25) is 17.6 Å². The maximum Gasteiger partial charge on any atom is 0.318 e. The molecule has 0 radical (unpaired) electrons. The van der Waals surface area contributed by atoms with Gasteiger partial charge in [-0.2, -0.15) is 5.10 Å². The Kier molecular flexibility index (Phi) is 8.38. The molecule has 2 N–H and O–H groups in total. The Bertz CT molecular complexity index is 1320. The van der Waals surface area contributed by atoms with Crippen LogP contribution >= 0.6 is 0 Å². The first-order valence-corrected chi connectivity index (χ1v) is 10.6. The van der Waals surface area contributed by atoms with E-state index >= 15 is 0 Å². The summed E-state index contributed by atoms with van der Waals surface area (Å²) in [6, 6.07) is 16.6. The van der Waals surface area contributed by atoms with Crippen molar-refractivity contribution < 1.29 is 24.2 Å². The van der Waals surface area contributed by atoms with Crippen LogP contribution in [0.4, 0.5) is 17.1 Å². The third-order valence-electron chi connectivity index (χ3n) is 4.75. The number of carbonyl (C=O) groups is 2. The molecule has 0 aliphatic carbocycles. The summed E-state index contributed by atoms with van der Waals surface area (Å²) in [7, 11) is 0. The minimum atomic E-state index is -0.774. The number of benzene rings is 3. The summed E-state index contributed by atoms with van der Waals surface area (Å²) < 4.78 is 5.54. The van der Waals surface area contributed by atoms with Gasteiger partial charge in [0.15, 0.2) is 0 Å². The molecule has 0 fully saturated rings. The predicted octanol–water partition coefficient (Wildman–Crippen LogP) is 4.47. The second-order valence-electron chi connectivity index (χ2n) is 7.55. The van der Waals surface area contributed by atoms with Crippen molar-refractivity contribution in [2.75, 3.05) is 5.32 Å². The molecule has 12 heteroatoms. The smallest absolute Gasteiger partial charge is 0.318 e. The molecule has 184 valence electrons. The molecule has 0 saturated carbocycles. The van der Waals surface area contributed by atoms with Crippen LogP contribution in [0.2, 0.25) is 0 Å². The van der Waals surface area contributed by atoms with Gasteiger partial charge in [0.25, 0.3) is 5.69 Å². The lowest BCUT2D eigenvalue weighted by Crippen LogP contribution is -2.20. The maximum atomic E-state index is 12.0. The zero-order valence-corrected chi connectivity index (χ0v) is 19.0. The van der Waals surface area contributed by atoms with Crippen LogP contribution in [0, 0.1) is 27.2 Å². The first-order valence-electron chi connectivity index (χ1n) is 10.6. The molecular weight excluding hydrogens is 470 g/mol. The molecule has 0 aliphatic rings. The van der Waals surface area contributed by atoms with Crippen LogP contribution < -0.4 is 15.5 Å². The molecule has 36 heavy (non-hydrogen) atoms. The Morgan fingerprint density at radius 1 is 0.944 bits per heavy atom. The number of nitro benzene ring substituents is 2. The van der Waals surface area contributed by atoms with E-state index in [2.05, 4.69) is 15.8 Å². The number of ether oxygens (including phenoxy) is 1. The lowest BCUT2D eigenvalue weighted by molar-refractivity contribution is -0.394. The highest BCUT2D eigenvalue weighted by Gasteiger charge is 2.21. The fourth-order valence-electron chi connectivity index (χ4n) is 2.96. The summed E-state index contributed by atoms with van der Waals surface area (Å²) in [5.74, 6) is -0.714. The standard InChI is InChI=1S/C24H21N5O7/c1-16-5-7-18(8-6-16)26-23(30)11-12-24(31)27-25-15-17-3-2-4-20(13-17)36-22-10-9-19(28(32)33)14-21(22)29(34)35/h2-10,13-15H,11-12H2,1H3,(H,26,30)(H,27,31). The van der Waals surface area contributed by atoms with Crippen molar-refractivity contribution in [2.45, 2.75) is 19.8 Å². The van der Waals surface area contributed by atoms with Crippen LogP contribution in [0.15, 0.2) is 71.8 Å². The lowest BCUT2D eigenvalue weighted by Gasteiger charge is -2.07. The van der Waals surface area contributed by atoms with Crippen molar-refractivity contribution in [3.8, 4) is 11.5 Å². The Balaban J connectivity index is 1.54. The Hall–Kier alpha value is -5.13. The van der Waals surface area contributed by atoms with E-state index in [1.165, 1.54) is 18.3 Å². The van der Waals surface area contributed by atoms with Crippen LogP contribution in [0.5, 0.6) is 11.5 Å². The molecule has 3 rings (SSSR count). The van der Waals surface area contributed by atoms with Crippen molar-refractivity contribution in [3.63, 3.8) is 0 Å². The van der Waals surface area contributed by atoms with Gasteiger partial charge in [-0.25, -0.2) is 5.43 Å². The van der Waals surface area contributed by atoms with E-state index in [-0.39, 0.29) is 30.2 Å². The molecule has 12 nitrogen and oxygen atoms in total. The Labute approximate surface area is 204 Å². The van der Waals surface area contributed by atoms with Crippen molar-refractivity contribution in [2.24, 2.45) is 5.10 Å². The van der Waals surface area contributed by atoms with Gasteiger partial charge in [-0.1, -0.05) is 29.8 Å². The van der Waals surface area contributed by atoms with E-state index in [0.29, 0.717) is 11.3 Å². The van der Waals surface area contributed by atoms with E-state index in [4.69, 9.17) is 4.74 Å². The monoisotopic (exact) mass is 491 g/mol. The largest absolute Gasteiger partial charge is 0.450 e. The van der Waals surface area contributed by atoms with E-state index in [0.717, 1.165) is 23.8 Å². The fraction of sp³-hybridized carbons (Fsp3) is 0.125. The number of nitrogens with one attached hydrogen (secondary N) is 2. The zero-order valence-electron chi connectivity index (χ0n) is 19.0. The average Bonchev–Trinajstić information content (AvgIpc) is 2.84. The van der Waals surface area contributed by atoms with Crippen molar-refractivity contribution in [1.29, 1.82) is 0 Å². The highest BCUT2D eigenvalue weighted by molar-refractivity contribution is 5.93. The first-order chi connectivity index (χ1) is 17.2. The number of rotatable bonds is 10. The topological polar surface area (TPSA) is 166 Å². The second kappa shape index (κ2) is 11.8. The normalized spacial score (nSPS) is 10.6. The SMILES string of the molecule is Cc1ccc(NC(=O)CCC(=O)NN=Cc2cccc(Oc3ccc([N+](=O)[O-])cc3[N+](=O)[O-])c2)cc1. The van der Waals surface area contributed by atoms with Gasteiger partial charge in [-0.05, 0) is 42.8 Å². The van der Waals surface area contributed by atoms with Crippen molar-refractivity contribution >= 4 is 35.1 Å². The van der Waals surface area contributed by atoms with Gasteiger partial charge in [0.1, 0.15) is 5.75 Å². The molecule has 0 atom stereocenters. The van der Waals surface area contributed by atoms with E-state index < -0.39 is 27.1 Å². The number of nitro groups is 2. The number of amides is 2. The van der Waals surface area contributed by atoms with Crippen molar-refractivity contribution in [1.82, 2.24) is 5.43 Å². The minimum Gasteiger partial charge on any atom is -0.450 e. The van der Waals surface area contributed by atoms with E-state index in [1.54, 1.807) is 24.3 Å². The van der Waals surface area contributed by atoms with E-state index in [9.17, 15) is 29.8 Å². The summed E-state index contributed by atoms with van der Waals surface area (Å²) in [4.78, 5) is 44.6. The quantitative estimate of drug-likeness (QED) is 0.240. The summed E-state index contributed by atoms with van der Waals surface area (Å²) in [5, 5.41) is 28.7.